The van der Waals surface area contributed by atoms with Crippen LogP contribution in [0.5, 0.6) is 11.6 Å². The van der Waals surface area contributed by atoms with Crippen LogP contribution >= 0.6 is 11.6 Å². The van der Waals surface area contributed by atoms with E-state index >= 15 is 0 Å². The summed E-state index contributed by atoms with van der Waals surface area (Å²) in [5, 5.41) is 4.05. The Bertz CT molecular complexity index is 614. The van der Waals surface area contributed by atoms with Gasteiger partial charge in [-0.25, -0.2) is 4.98 Å². The molecule has 2 aromatic rings. The number of aryl methyl sites for hydroxylation is 1. The lowest BCUT2D eigenvalue weighted by atomic mass is 10.2. The van der Waals surface area contributed by atoms with Gasteiger partial charge in [0.1, 0.15) is 5.75 Å². The zero-order chi connectivity index (χ0) is 13.9. The van der Waals surface area contributed by atoms with Crippen molar-refractivity contribution in [2.75, 3.05) is 0 Å². The molecule has 1 aromatic carbocycles. The van der Waals surface area contributed by atoms with Gasteiger partial charge in [0.05, 0.1) is 11.9 Å². The molecule has 1 saturated carbocycles. The molecule has 3 rings (SSSR count). The second-order valence-corrected chi connectivity index (χ2v) is 5.45. The van der Waals surface area contributed by atoms with Crippen LogP contribution in [0.25, 0.3) is 0 Å². The van der Waals surface area contributed by atoms with Crippen LogP contribution in [-0.4, -0.2) is 16.0 Å². The highest BCUT2D eigenvalue weighted by Gasteiger charge is 2.20. The second-order valence-electron chi connectivity index (χ2n) is 5.02. The molecule has 0 saturated heterocycles. The molecule has 1 aliphatic rings. The lowest BCUT2D eigenvalue weighted by molar-refractivity contribution is 0.453. The third-order valence-electron chi connectivity index (χ3n) is 3.18. The topological polar surface area (TPSA) is 47.0 Å². The van der Waals surface area contributed by atoms with Crippen molar-refractivity contribution in [1.82, 2.24) is 15.3 Å². The summed E-state index contributed by atoms with van der Waals surface area (Å²) >= 11 is 5.98. The van der Waals surface area contributed by atoms with E-state index in [-0.39, 0.29) is 0 Å². The van der Waals surface area contributed by atoms with Gasteiger partial charge in [-0.3, -0.25) is 4.98 Å². The molecule has 0 radical (unpaired) electrons. The fraction of sp³-hybridized carbons (Fsp3) is 0.333. The van der Waals surface area contributed by atoms with Gasteiger partial charge >= 0.3 is 0 Å². The Morgan fingerprint density at radius 3 is 3.00 bits per heavy atom. The quantitative estimate of drug-likeness (QED) is 0.915. The molecule has 1 fully saturated rings. The van der Waals surface area contributed by atoms with E-state index in [0.717, 1.165) is 17.8 Å². The molecule has 1 heterocycles. The van der Waals surface area contributed by atoms with Crippen molar-refractivity contribution < 1.29 is 4.74 Å². The molecule has 1 aliphatic carbocycles. The van der Waals surface area contributed by atoms with Gasteiger partial charge in [0, 0.05) is 23.8 Å². The maximum absolute atomic E-state index is 5.98. The fourth-order valence-corrected chi connectivity index (χ4v) is 2.02. The largest absolute Gasteiger partial charge is 0.437 e. The zero-order valence-corrected chi connectivity index (χ0v) is 12.0. The summed E-state index contributed by atoms with van der Waals surface area (Å²) in [6.07, 6.45) is 5.88. The molecule has 0 atom stereocenters. The lowest BCUT2D eigenvalue weighted by Gasteiger charge is -2.09. The number of benzene rings is 1. The molecule has 0 bridgehead atoms. The van der Waals surface area contributed by atoms with E-state index in [1.165, 1.54) is 12.8 Å². The monoisotopic (exact) mass is 289 g/mol. The van der Waals surface area contributed by atoms with E-state index in [1.807, 2.05) is 19.1 Å². The summed E-state index contributed by atoms with van der Waals surface area (Å²) in [5.41, 5.74) is 1.90. The Morgan fingerprint density at radius 2 is 2.20 bits per heavy atom. The summed E-state index contributed by atoms with van der Waals surface area (Å²) in [6, 6.07) is 6.19. The summed E-state index contributed by atoms with van der Waals surface area (Å²) in [4.78, 5) is 8.62. The SMILES string of the molecule is Cc1ccc(Cl)cc1Oc1cncc(CNC2CC2)n1. The third-order valence-corrected chi connectivity index (χ3v) is 3.41. The first-order chi connectivity index (χ1) is 9.70. The van der Waals surface area contributed by atoms with Crippen molar-refractivity contribution in [3.05, 3.63) is 46.9 Å². The van der Waals surface area contributed by atoms with Crippen LogP contribution in [0.3, 0.4) is 0 Å². The highest BCUT2D eigenvalue weighted by Crippen LogP contribution is 2.26. The summed E-state index contributed by atoms with van der Waals surface area (Å²) in [7, 11) is 0. The number of nitrogens with one attached hydrogen (secondary N) is 1. The first-order valence-corrected chi connectivity index (χ1v) is 7.07. The van der Waals surface area contributed by atoms with Gasteiger partial charge in [0.15, 0.2) is 0 Å². The maximum atomic E-state index is 5.98. The van der Waals surface area contributed by atoms with Crippen molar-refractivity contribution in [3.8, 4) is 11.6 Å². The number of nitrogens with zero attached hydrogens (tertiary/aromatic N) is 2. The van der Waals surface area contributed by atoms with Crippen LogP contribution in [0.1, 0.15) is 24.1 Å². The Labute approximate surface area is 123 Å². The van der Waals surface area contributed by atoms with Gasteiger partial charge in [0.25, 0.3) is 0 Å². The van der Waals surface area contributed by atoms with Gasteiger partial charge in [-0.15, -0.1) is 0 Å². The third kappa shape index (κ3) is 3.46. The summed E-state index contributed by atoms with van der Waals surface area (Å²) < 4.78 is 5.77. The molecular weight excluding hydrogens is 274 g/mol. The first kappa shape index (κ1) is 13.3. The molecule has 104 valence electrons. The van der Waals surface area contributed by atoms with E-state index in [0.29, 0.717) is 22.7 Å². The average molecular weight is 290 g/mol. The smallest absolute Gasteiger partial charge is 0.238 e. The van der Waals surface area contributed by atoms with Gasteiger partial charge in [-0.05, 0) is 37.5 Å². The van der Waals surface area contributed by atoms with E-state index in [2.05, 4.69) is 15.3 Å². The minimum Gasteiger partial charge on any atom is -0.437 e. The van der Waals surface area contributed by atoms with Gasteiger partial charge in [-0.2, -0.15) is 0 Å². The van der Waals surface area contributed by atoms with Crippen molar-refractivity contribution >= 4 is 11.6 Å². The number of halogens is 1. The van der Waals surface area contributed by atoms with Crippen LogP contribution in [0.4, 0.5) is 0 Å². The van der Waals surface area contributed by atoms with Crippen LogP contribution in [0.15, 0.2) is 30.6 Å². The van der Waals surface area contributed by atoms with Crippen molar-refractivity contribution in [1.29, 1.82) is 0 Å². The molecule has 4 nitrogen and oxygen atoms in total. The number of hydrogen-bond acceptors (Lipinski definition) is 4. The van der Waals surface area contributed by atoms with Crippen molar-refractivity contribution in [2.45, 2.75) is 32.4 Å². The van der Waals surface area contributed by atoms with Crippen LogP contribution < -0.4 is 10.1 Å². The van der Waals surface area contributed by atoms with E-state index in [1.54, 1.807) is 18.5 Å². The fourth-order valence-electron chi connectivity index (χ4n) is 1.85. The number of aromatic nitrogens is 2. The molecule has 0 amide bonds. The highest BCUT2D eigenvalue weighted by atomic mass is 35.5. The molecule has 20 heavy (non-hydrogen) atoms. The highest BCUT2D eigenvalue weighted by molar-refractivity contribution is 6.30. The second kappa shape index (κ2) is 5.77. The Kier molecular flexibility index (Phi) is 3.85. The first-order valence-electron chi connectivity index (χ1n) is 6.69. The van der Waals surface area contributed by atoms with E-state index < -0.39 is 0 Å². The maximum Gasteiger partial charge on any atom is 0.238 e. The molecule has 1 N–H and O–H groups in total. The molecule has 0 spiro atoms. The van der Waals surface area contributed by atoms with Gasteiger partial charge in [0.2, 0.25) is 5.88 Å². The Hall–Kier alpha value is -1.65. The van der Waals surface area contributed by atoms with Crippen molar-refractivity contribution in [2.24, 2.45) is 0 Å². The number of hydrogen-bond donors (Lipinski definition) is 1. The minimum atomic E-state index is 0.491. The molecule has 1 aromatic heterocycles. The number of ether oxygens (including phenoxy) is 1. The Morgan fingerprint density at radius 1 is 1.35 bits per heavy atom. The van der Waals surface area contributed by atoms with E-state index in [9.17, 15) is 0 Å². The van der Waals surface area contributed by atoms with E-state index in [4.69, 9.17) is 16.3 Å². The Balaban J connectivity index is 1.72. The molecule has 0 unspecified atom stereocenters. The predicted molar refractivity (Wildman–Crippen MR) is 78.2 cm³/mol. The molecule has 0 aliphatic heterocycles. The van der Waals surface area contributed by atoms with Gasteiger partial charge in [-0.1, -0.05) is 17.7 Å². The van der Waals surface area contributed by atoms with Crippen LogP contribution in [0, 0.1) is 6.92 Å². The lowest BCUT2D eigenvalue weighted by Crippen LogP contribution is -2.16. The van der Waals surface area contributed by atoms with Crippen LogP contribution in [0.2, 0.25) is 5.02 Å². The van der Waals surface area contributed by atoms with Crippen molar-refractivity contribution in [3.63, 3.8) is 0 Å². The normalized spacial score (nSPS) is 14.3. The zero-order valence-electron chi connectivity index (χ0n) is 11.3. The summed E-state index contributed by atoms with van der Waals surface area (Å²) in [6.45, 7) is 2.70. The standard InChI is InChI=1S/C15H16ClN3O/c1-10-2-3-11(16)6-14(10)20-15-9-17-7-13(19-15)8-18-12-4-5-12/h2-3,6-7,9,12,18H,4-5,8H2,1H3. The number of rotatable bonds is 5. The summed E-state index contributed by atoms with van der Waals surface area (Å²) in [5.74, 6) is 1.20. The predicted octanol–water partition coefficient (Wildman–Crippen LogP) is 3.48. The van der Waals surface area contributed by atoms with Gasteiger partial charge < -0.3 is 10.1 Å². The minimum absolute atomic E-state index is 0.491. The average Bonchev–Trinajstić information content (AvgIpc) is 3.25. The van der Waals surface area contributed by atoms with Crippen LogP contribution in [-0.2, 0) is 6.54 Å². The molecular formula is C15H16ClN3O. The molecule has 5 heteroatoms.